The molecule has 0 radical (unpaired) electrons. The van der Waals surface area contributed by atoms with Gasteiger partial charge in [0.05, 0.1) is 11.5 Å². The van der Waals surface area contributed by atoms with E-state index in [0.717, 1.165) is 6.08 Å². The number of carbonyl (C=O) groups excluding carboxylic acids is 2. The number of Topliss-reactive ketones (excluding diaryl/α,β-unsaturated/α-hetero) is 1. The molecule has 18 heavy (non-hydrogen) atoms. The summed E-state index contributed by atoms with van der Waals surface area (Å²) in [4.78, 5) is 22.9. The van der Waals surface area contributed by atoms with Gasteiger partial charge in [-0.1, -0.05) is 20.4 Å². The Morgan fingerprint density at radius 2 is 2.00 bits per heavy atom. The zero-order valence-electron chi connectivity index (χ0n) is 10.7. The van der Waals surface area contributed by atoms with Gasteiger partial charge < -0.3 is 5.32 Å². The second-order valence-electron chi connectivity index (χ2n) is 4.98. The third kappa shape index (κ3) is 3.94. The third-order valence-electron chi connectivity index (χ3n) is 3.09. The Hall–Kier alpha value is -1.17. The molecule has 0 saturated carbocycles. The van der Waals surface area contributed by atoms with Gasteiger partial charge in [0.25, 0.3) is 0 Å². The van der Waals surface area contributed by atoms with Crippen LogP contribution < -0.4 is 5.32 Å². The highest BCUT2D eigenvalue weighted by molar-refractivity contribution is 7.91. The fourth-order valence-electron chi connectivity index (χ4n) is 2.02. The van der Waals surface area contributed by atoms with Crippen molar-refractivity contribution in [2.24, 2.45) is 11.8 Å². The minimum atomic E-state index is -3.17. The Balaban J connectivity index is 2.76. The zero-order chi connectivity index (χ0) is 13.9. The monoisotopic (exact) mass is 273 g/mol. The Morgan fingerprint density at radius 3 is 2.50 bits per heavy atom. The summed E-state index contributed by atoms with van der Waals surface area (Å²) in [6, 6.07) is -0.483. The number of nitrogens with one attached hydrogen (secondary N) is 1. The van der Waals surface area contributed by atoms with Crippen LogP contribution in [0.15, 0.2) is 12.7 Å². The van der Waals surface area contributed by atoms with Gasteiger partial charge in [0.1, 0.15) is 5.78 Å². The largest absolute Gasteiger partial charge is 0.348 e. The van der Waals surface area contributed by atoms with Crippen LogP contribution in [0.5, 0.6) is 0 Å². The van der Waals surface area contributed by atoms with Crippen molar-refractivity contribution in [3.63, 3.8) is 0 Å². The Morgan fingerprint density at radius 1 is 1.39 bits per heavy atom. The number of ketones is 1. The van der Waals surface area contributed by atoms with Crippen molar-refractivity contribution in [3.8, 4) is 0 Å². The Labute approximate surface area is 108 Å². The van der Waals surface area contributed by atoms with Crippen LogP contribution in [0.2, 0.25) is 0 Å². The summed E-state index contributed by atoms with van der Waals surface area (Å²) in [5.74, 6) is -0.956. The summed E-state index contributed by atoms with van der Waals surface area (Å²) in [5, 5.41) is 2.59. The van der Waals surface area contributed by atoms with Gasteiger partial charge in [-0.05, 0) is 6.08 Å². The van der Waals surface area contributed by atoms with E-state index >= 15 is 0 Å². The molecule has 1 aliphatic heterocycles. The summed E-state index contributed by atoms with van der Waals surface area (Å²) in [6.07, 6.45) is 1.30. The van der Waals surface area contributed by atoms with Crippen molar-refractivity contribution in [2.75, 3.05) is 11.5 Å². The standard InChI is InChI=1S/C12H19NO4S/c1-4-12(15)13-10-7-18(16,17)6-9(10)5-11(14)8(2)3/h4,8-10H,1,5-7H2,2-3H3,(H,13,15). The highest BCUT2D eigenvalue weighted by Crippen LogP contribution is 2.24. The van der Waals surface area contributed by atoms with Gasteiger partial charge in [-0.15, -0.1) is 0 Å². The molecule has 0 aliphatic carbocycles. The van der Waals surface area contributed by atoms with Crippen LogP contribution in [0.3, 0.4) is 0 Å². The molecule has 0 aromatic heterocycles. The van der Waals surface area contributed by atoms with Gasteiger partial charge in [-0.3, -0.25) is 9.59 Å². The summed E-state index contributed by atoms with van der Waals surface area (Å²) in [6.45, 7) is 6.89. The van der Waals surface area contributed by atoms with Crippen molar-refractivity contribution in [1.82, 2.24) is 5.32 Å². The van der Waals surface area contributed by atoms with Crippen molar-refractivity contribution in [3.05, 3.63) is 12.7 Å². The van der Waals surface area contributed by atoms with Gasteiger partial charge in [-0.2, -0.15) is 0 Å². The predicted molar refractivity (Wildman–Crippen MR) is 68.7 cm³/mol. The maximum absolute atomic E-state index is 11.7. The van der Waals surface area contributed by atoms with Gasteiger partial charge in [0, 0.05) is 24.3 Å². The first-order valence-electron chi connectivity index (χ1n) is 5.91. The van der Waals surface area contributed by atoms with Gasteiger partial charge in [0.2, 0.25) is 5.91 Å². The van der Waals surface area contributed by atoms with Crippen molar-refractivity contribution in [2.45, 2.75) is 26.3 Å². The lowest BCUT2D eigenvalue weighted by Gasteiger charge is -2.18. The van der Waals surface area contributed by atoms with E-state index in [0.29, 0.717) is 0 Å². The molecular formula is C12H19NO4S. The summed E-state index contributed by atoms with van der Waals surface area (Å²) in [5.41, 5.74) is 0. The van der Waals surface area contributed by atoms with Gasteiger partial charge in [-0.25, -0.2) is 8.42 Å². The molecule has 1 saturated heterocycles. The van der Waals surface area contributed by atoms with Gasteiger partial charge >= 0.3 is 0 Å². The molecule has 2 unspecified atom stereocenters. The lowest BCUT2D eigenvalue weighted by atomic mass is 9.93. The van der Waals surface area contributed by atoms with Crippen molar-refractivity contribution in [1.29, 1.82) is 0 Å². The average molecular weight is 273 g/mol. The van der Waals surface area contributed by atoms with Crippen molar-refractivity contribution < 1.29 is 18.0 Å². The molecule has 2 atom stereocenters. The minimum Gasteiger partial charge on any atom is -0.348 e. The number of hydrogen-bond donors (Lipinski definition) is 1. The van der Waals surface area contributed by atoms with Crippen LogP contribution in [0, 0.1) is 11.8 Å². The fourth-order valence-corrected chi connectivity index (χ4v) is 4.06. The molecule has 1 aliphatic rings. The highest BCUT2D eigenvalue weighted by atomic mass is 32.2. The summed E-state index contributed by atoms with van der Waals surface area (Å²) in [7, 11) is -3.17. The molecule has 0 aromatic rings. The quantitative estimate of drug-likeness (QED) is 0.731. The SMILES string of the molecule is C=CC(=O)NC1CS(=O)(=O)CC1CC(=O)C(C)C. The third-order valence-corrected chi connectivity index (χ3v) is 4.89. The smallest absolute Gasteiger partial charge is 0.243 e. The van der Waals surface area contributed by atoms with Gasteiger partial charge in [0.15, 0.2) is 9.84 Å². The summed E-state index contributed by atoms with van der Waals surface area (Å²) >= 11 is 0. The highest BCUT2D eigenvalue weighted by Gasteiger charge is 2.39. The molecule has 6 heteroatoms. The molecule has 5 nitrogen and oxygen atoms in total. The number of hydrogen-bond acceptors (Lipinski definition) is 4. The van der Waals surface area contributed by atoms with Crippen LogP contribution in [0.1, 0.15) is 20.3 Å². The lowest BCUT2D eigenvalue weighted by molar-refractivity contribution is -0.123. The molecule has 0 aromatic carbocycles. The van der Waals surface area contributed by atoms with Crippen LogP contribution in [-0.4, -0.2) is 37.7 Å². The first-order chi connectivity index (χ1) is 8.25. The molecule has 0 bridgehead atoms. The summed E-state index contributed by atoms with van der Waals surface area (Å²) < 4.78 is 23.2. The maximum Gasteiger partial charge on any atom is 0.243 e. The molecule has 102 valence electrons. The first kappa shape index (κ1) is 14.9. The maximum atomic E-state index is 11.7. The van der Waals surface area contributed by atoms with E-state index in [9.17, 15) is 18.0 Å². The fraction of sp³-hybridized carbons (Fsp3) is 0.667. The van der Waals surface area contributed by atoms with E-state index in [-0.39, 0.29) is 35.5 Å². The molecule has 1 heterocycles. The van der Waals surface area contributed by atoms with E-state index < -0.39 is 21.8 Å². The van der Waals surface area contributed by atoms with E-state index in [1.54, 1.807) is 13.8 Å². The zero-order valence-corrected chi connectivity index (χ0v) is 11.5. The lowest BCUT2D eigenvalue weighted by Crippen LogP contribution is -2.40. The molecule has 1 rings (SSSR count). The molecule has 1 fully saturated rings. The van der Waals surface area contributed by atoms with E-state index in [1.165, 1.54) is 0 Å². The van der Waals surface area contributed by atoms with Crippen LogP contribution in [0.4, 0.5) is 0 Å². The Kier molecular flexibility index (Phi) is 4.67. The topological polar surface area (TPSA) is 80.3 Å². The first-order valence-corrected chi connectivity index (χ1v) is 7.73. The van der Waals surface area contributed by atoms with Crippen LogP contribution in [-0.2, 0) is 19.4 Å². The Bertz CT molecular complexity index is 453. The number of rotatable bonds is 5. The number of sulfone groups is 1. The second-order valence-corrected chi connectivity index (χ2v) is 7.14. The normalized spacial score (nSPS) is 25.9. The average Bonchev–Trinajstić information content (AvgIpc) is 2.52. The number of amides is 1. The minimum absolute atomic E-state index is 0.0231. The molecule has 0 spiro atoms. The van der Waals surface area contributed by atoms with Crippen LogP contribution >= 0.6 is 0 Å². The predicted octanol–water partition coefficient (Wildman–Crippen LogP) is 0.317. The molecular weight excluding hydrogens is 254 g/mol. The molecule has 1 N–H and O–H groups in total. The van der Waals surface area contributed by atoms with E-state index in [4.69, 9.17) is 0 Å². The second kappa shape index (κ2) is 5.65. The van der Waals surface area contributed by atoms with Crippen LogP contribution in [0.25, 0.3) is 0 Å². The number of carbonyl (C=O) groups is 2. The van der Waals surface area contributed by atoms with E-state index in [1.807, 2.05) is 0 Å². The van der Waals surface area contributed by atoms with E-state index in [2.05, 4.69) is 11.9 Å². The molecule has 1 amide bonds. The van der Waals surface area contributed by atoms with Crippen molar-refractivity contribution >= 4 is 21.5 Å².